The quantitative estimate of drug-likeness (QED) is 0.669. The summed E-state index contributed by atoms with van der Waals surface area (Å²) in [7, 11) is 0. The molecule has 8 heteroatoms. The van der Waals surface area contributed by atoms with E-state index < -0.39 is 5.82 Å². The predicted molar refractivity (Wildman–Crippen MR) is 103 cm³/mol. The number of benzene rings is 1. The van der Waals surface area contributed by atoms with Gasteiger partial charge in [0.15, 0.2) is 11.6 Å². The lowest BCUT2D eigenvalue weighted by atomic mass is 9.98. The van der Waals surface area contributed by atoms with Crippen LogP contribution in [0.15, 0.2) is 36.5 Å². The fourth-order valence-electron chi connectivity index (χ4n) is 4.15. The van der Waals surface area contributed by atoms with Gasteiger partial charge in [0.1, 0.15) is 17.6 Å². The molecule has 4 heterocycles. The molecule has 29 heavy (non-hydrogen) atoms. The molecule has 0 spiro atoms. The molecule has 0 aliphatic carbocycles. The van der Waals surface area contributed by atoms with Gasteiger partial charge in [0, 0.05) is 12.1 Å². The minimum atomic E-state index is -0.400. The van der Waals surface area contributed by atoms with Crippen molar-refractivity contribution in [1.29, 1.82) is 0 Å². The molecule has 1 aromatic carbocycles. The summed E-state index contributed by atoms with van der Waals surface area (Å²) in [5, 5.41) is 8.64. The molecule has 2 atom stereocenters. The van der Waals surface area contributed by atoms with Crippen LogP contribution in [0.2, 0.25) is 0 Å². The highest BCUT2D eigenvalue weighted by atomic mass is 19.1. The number of halogens is 1. The van der Waals surface area contributed by atoms with Crippen molar-refractivity contribution in [1.82, 2.24) is 24.6 Å². The Morgan fingerprint density at radius 3 is 2.83 bits per heavy atom. The van der Waals surface area contributed by atoms with Crippen molar-refractivity contribution in [3.8, 4) is 11.5 Å². The van der Waals surface area contributed by atoms with Gasteiger partial charge in [0.05, 0.1) is 25.5 Å². The summed E-state index contributed by atoms with van der Waals surface area (Å²) < 4.78 is 21.0. The van der Waals surface area contributed by atoms with Gasteiger partial charge in [-0.25, -0.2) is 9.37 Å². The number of morpholine rings is 1. The van der Waals surface area contributed by atoms with E-state index in [2.05, 4.69) is 15.2 Å². The van der Waals surface area contributed by atoms with Crippen molar-refractivity contribution in [2.75, 3.05) is 13.2 Å². The molecule has 0 saturated carbocycles. The largest absolute Gasteiger partial charge is 0.377 e. The Balaban J connectivity index is 1.55. The maximum Gasteiger partial charge on any atom is 0.255 e. The Morgan fingerprint density at radius 1 is 1.17 bits per heavy atom. The first-order valence-electron chi connectivity index (χ1n) is 9.56. The van der Waals surface area contributed by atoms with Crippen LogP contribution in [0.25, 0.3) is 11.5 Å². The lowest BCUT2D eigenvalue weighted by molar-refractivity contribution is -0.0569. The summed E-state index contributed by atoms with van der Waals surface area (Å²) in [6.45, 7) is 5.29. The average molecular weight is 393 g/mol. The molecule has 5 rings (SSSR count). The van der Waals surface area contributed by atoms with E-state index in [1.807, 2.05) is 41.5 Å². The smallest absolute Gasteiger partial charge is 0.255 e. The predicted octanol–water partition coefficient (Wildman–Crippen LogP) is 2.69. The molecule has 1 fully saturated rings. The number of carbonyl (C=O) groups is 1. The SMILES string of the molecule is Cc1cccc(C(=O)N2[C@H]3COC[C@@H]2c2nnc(-c4ccc(F)cn4)n2C3)c1C. The molecule has 2 aliphatic rings. The van der Waals surface area contributed by atoms with Gasteiger partial charge in [-0.15, -0.1) is 10.2 Å². The third-order valence-corrected chi connectivity index (χ3v) is 5.81. The topological polar surface area (TPSA) is 73.1 Å². The van der Waals surface area contributed by atoms with Crippen molar-refractivity contribution >= 4 is 5.91 Å². The van der Waals surface area contributed by atoms with Crippen molar-refractivity contribution in [3.63, 3.8) is 0 Å². The van der Waals surface area contributed by atoms with Crippen LogP contribution >= 0.6 is 0 Å². The molecule has 0 unspecified atom stereocenters. The van der Waals surface area contributed by atoms with Crippen LogP contribution in [-0.4, -0.2) is 49.8 Å². The number of amides is 1. The van der Waals surface area contributed by atoms with Crippen LogP contribution in [0.1, 0.15) is 33.4 Å². The summed E-state index contributed by atoms with van der Waals surface area (Å²) in [6, 6.07) is 8.27. The van der Waals surface area contributed by atoms with Crippen LogP contribution in [0.3, 0.4) is 0 Å². The van der Waals surface area contributed by atoms with Gasteiger partial charge >= 0.3 is 0 Å². The molecule has 2 aromatic heterocycles. The van der Waals surface area contributed by atoms with E-state index in [0.29, 0.717) is 42.7 Å². The first-order chi connectivity index (χ1) is 14.0. The second-order valence-corrected chi connectivity index (χ2v) is 7.52. The van der Waals surface area contributed by atoms with E-state index in [-0.39, 0.29) is 18.0 Å². The summed E-state index contributed by atoms with van der Waals surface area (Å²) in [6.07, 6.45) is 1.17. The van der Waals surface area contributed by atoms with Gasteiger partial charge in [-0.2, -0.15) is 0 Å². The average Bonchev–Trinajstić information content (AvgIpc) is 3.13. The number of nitrogens with zero attached hydrogens (tertiary/aromatic N) is 5. The van der Waals surface area contributed by atoms with Crippen molar-refractivity contribution in [2.45, 2.75) is 32.5 Å². The first-order valence-corrected chi connectivity index (χ1v) is 9.56. The maximum atomic E-state index is 13.5. The Kier molecular flexibility index (Phi) is 4.16. The van der Waals surface area contributed by atoms with Crippen LogP contribution in [-0.2, 0) is 11.3 Å². The highest BCUT2D eigenvalue weighted by Gasteiger charge is 2.44. The normalized spacial score (nSPS) is 20.4. The van der Waals surface area contributed by atoms with Gasteiger partial charge in [-0.05, 0) is 43.2 Å². The number of fused-ring (bicyclic) bond motifs is 4. The number of aryl methyl sites for hydroxylation is 1. The zero-order valence-electron chi connectivity index (χ0n) is 16.2. The molecule has 148 valence electrons. The first kappa shape index (κ1) is 17.9. The van der Waals surface area contributed by atoms with E-state index in [0.717, 1.165) is 11.1 Å². The van der Waals surface area contributed by atoms with E-state index in [1.54, 1.807) is 6.07 Å². The summed E-state index contributed by atoms with van der Waals surface area (Å²) >= 11 is 0. The van der Waals surface area contributed by atoms with Gasteiger partial charge < -0.3 is 14.2 Å². The van der Waals surface area contributed by atoms with Gasteiger partial charge in [0.2, 0.25) is 0 Å². The van der Waals surface area contributed by atoms with E-state index in [1.165, 1.54) is 12.3 Å². The lowest BCUT2D eigenvalue weighted by Crippen LogP contribution is -2.56. The molecular formula is C21H20FN5O2. The minimum absolute atomic E-state index is 0.0137. The number of aromatic nitrogens is 4. The van der Waals surface area contributed by atoms with Crippen LogP contribution < -0.4 is 0 Å². The number of ether oxygens (including phenoxy) is 1. The van der Waals surface area contributed by atoms with Crippen molar-refractivity contribution in [2.24, 2.45) is 0 Å². The Bertz CT molecular complexity index is 1090. The summed E-state index contributed by atoms with van der Waals surface area (Å²) in [4.78, 5) is 19.5. The van der Waals surface area contributed by atoms with Gasteiger partial charge in [-0.3, -0.25) is 4.79 Å². The third kappa shape index (κ3) is 2.82. The van der Waals surface area contributed by atoms with E-state index >= 15 is 0 Å². The number of hydrogen-bond donors (Lipinski definition) is 0. The van der Waals surface area contributed by atoms with E-state index in [9.17, 15) is 9.18 Å². The molecule has 1 saturated heterocycles. The second-order valence-electron chi connectivity index (χ2n) is 7.52. The molecule has 2 bridgehead atoms. The highest BCUT2D eigenvalue weighted by Crippen LogP contribution is 2.36. The summed E-state index contributed by atoms with van der Waals surface area (Å²) in [5.74, 6) is 0.833. The Hall–Kier alpha value is -3.13. The third-order valence-electron chi connectivity index (χ3n) is 5.81. The zero-order chi connectivity index (χ0) is 20.1. The van der Waals surface area contributed by atoms with Crippen LogP contribution in [0.4, 0.5) is 4.39 Å². The molecule has 1 amide bonds. The van der Waals surface area contributed by atoms with Gasteiger partial charge in [-0.1, -0.05) is 12.1 Å². The van der Waals surface area contributed by atoms with Crippen LogP contribution in [0, 0.1) is 19.7 Å². The zero-order valence-corrected chi connectivity index (χ0v) is 16.2. The number of carbonyl (C=O) groups excluding carboxylic acids is 1. The molecular weight excluding hydrogens is 373 g/mol. The fourth-order valence-corrected chi connectivity index (χ4v) is 4.15. The fraction of sp³-hybridized carbons (Fsp3) is 0.333. The van der Waals surface area contributed by atoms with E-state index in [4.69, 9.17) is 4.74 Å². The van der Waals surface area contributed by atoms with Crippen molar-refractivity contribution < 1.29 is 13.9 Å². The molecule has 0 radical (unpaired) electrons. The molecule has 2 aliphatic heterocycles. The summed E-state index contributed by atoms with van der Waals surface area (Å²) in [5.41, 5.74) is 3.33. The van der Waals surface area contributed by atoms with Gasteiger partial charge in [0.25, 0.3) is 5.91 Å². The maximum absolute atomic E-state index is 13.5. The highest BCUT2D eigenvalue weighted by molar-refractivity contribution is 5.96. The lowest BCUT2D eigenvalue weighted by Gasteiger charge is -2.45. The Labute approximate surface area is 167 Å². The second kappa shape index (κ2) is 6.73. The molecule has 3 aromatic rings. The number of pyridine rings is 1. The number of rotatable bonds is 2. The minimum Gasteiger partial charge on any atom is -0.377 e. The van der Waals surface area contributed by atoms with Crippen LogP contribution in [0.5, 0.6) is 0 Å². The van der Waals surface area contributed by atoms with Crippen molar-refractivity contribution in [3.05, 3.63) is 64.9 Å². The molecule has 0 N–H and O–H groups in total. The number of hydrogen-bond acceptors (Lipinski definition) is 5. The monoisotopic (exact) mass is 393 g/mol. The Morgan fingerprint density at radius 2 is 2.03 bits per heavy atom. The molecule has 7 nitrogen and oxygen atoms in total. The standard InChI is InChI=1S/C21H20FN5O2/c1-12-4-3-5-16(13(12)2)21(28)27-15-9-26-19(17-7-6-14(22)8-23-17)24-25-20(26)18(27)11-29-10-15/h3-8,15,18H,9-11H2,1-2H3/t15-,18-/m1/s1.